The molecule has 116 valence electrons. The molecule has 0 spiro atoms. The van der Waals surface area contributed by atoms with Crippen LogP contribution in [0.2, 0.25) is 0 Å². The summed E-state index contributed by atoms with van der Waals surface area (Å²) in [5.74, 6) is -0.188. The van der Waals surface area contributed by atoms with E-state index in [4.69, 9.17) is 5.26 Å². The molecule has 1 amide bonds. The van der Waals surface area contributed by atoms with Crippen molar-refractivity contribution < 1.29 is 4.79 Å². The number of carbonyl (C=O) groups excluding carboxylic acids is 1. The first-order chi connectivity index (χ1) is 10.7. The van der Waals surface area contributed by atoms with Gasteiger partial charge in [0, 0.05) is 38.9 Å². The SMILES string of the molecule is Cc1cccc(CCN/C=C(/C#N)C(=O)N2CCNCC2)c1. The van der Waals surface area contributed by atoms with Gasteiger partial charge in [-0.3, -0.25) is 4.79 Å². The van der Waals surface area contributed by atoms with Crippen molar-refractivity contribution in [1.82, 2.24) is 15.5 Å². The zero-order valence-corrected chi connectivity index (χ0v) is 12.9. The van der Waals surface area contributed by atoms with Crippen molar-refractivity contribution >= 4 is 5.91 Å². The second kappa shape index (κ2) is 8.20. The summed E-state index contributed by atoms with van der Waals surface area (Å²) in [4.78, 5) is 13.9. The number of nitrogens with one attached hydrogen (secondary N) is 2. The fourth-order valence-corrected chi connectivity index (χ4v) is 2.44. The standard InChI is InChI=1S/C17H22N4O/c1-14-3-2-4-15(11-14)5-6-20-13-16(12-18)17(22)21-9-7-19-8-10-21/h2-4,11,13,19-20H,5-10H2,1H3/b16-13-. The molecule has 0 atom stereocenters. The van der Waals surface area contributed by atoms with Gasteiger partial charge in [-0.15, -0.1) is 0 Å². The molecule has 0 aliphatic carbocycles. The van der Waals surface area contributed by atoms with Crippen LogP contribution in [-0.4, -0.2) is 43.5 Å². The van der Waals surface area contributed by atoms with Crippen molar-refractivity contribution in [2.45, 2.75) is 13.3 Å². The topological polar surface area (TPSA) is 68.2 Å². The molecule has 1 heterocycles. The molecule has 1 aliphatic rings. The van der Waals surface area contributed by atoms with Crippen LogP contribution in [0.3, 0.4) is 0 Å². The van der Waals surface area contributed by atoms with E-state index in [2.05, 4.69) is 35.8 Å². The Morgan fingerprint density at radius 1 is 1.45 bits per heavy atom. The largest absolute Gasteiger partial charge is 0.389 e. The molecule has 0 bridgehead atoms. The highest BCUT2D eigenvalue weighted by Crippen LogP contribution is 2.05. The number of rotatable bonds is 5. The number of benzene rings is 1. The maximum absolute atomic E-state index is 12.2. The first kappa shape index (κ1) is 16.1. The van der Waals surface area contributed by atoms with Crippen LogP contribution in [0.1, 0.15) is 11.1 Å². The lowest BCUT2D eigenvalue weighted by Crippen LogP contribution is -2.46. The van der Waals surface area contributed by atoms with Gasteiger partial charge in [0.2, 0.25) is 0 Å². The lowest BCUT2D eigenvalue weighted by molar-refractivity contribution is -0.127. The Morgan fingerprint density at radius 2 is 2.23 bits per heavy atom. The number of nitrogens with zero attached hydrogens (tertiary/aromatic N) is 2. The Morgan fingerprint density at radius 3 is 2.91 bits per heavy atom. The van der Waals surface area contributed by atoms with E-state index in [1.54, 1.807) is 11.1 Å². The Kier molecular flexibility index (Phi) is 5.99. The lowest BCUT2D eigenvalue weighted by atomic mass is 10.1. The summed E-state index contributed by atoms with van der Waals surface area (Å²) in [7, 11) is 0. The van der Waals surface area contributed by atoms with Crippen LogP contribution < -0.4 is 10.6 Å². The summed E-state index contributed by atoms with van der Waals surface area (Å²) in [5, 5.41) is 15.4. The van der Waals surface area contributed by atoms with Crippen LogP contribution >= 0.6 is 0 Å². The molecule has 5 nitrogen and oxygen atoms in total. The van der Waals surface area contributed by atoms with E-state index >= 15 is 0 Å². The fraction of sp³-hybridized carbons (Fsp3) is 0.412. The Balaban J connectivity index is 1.84. The van der Waals surface area contributed by atoms with Crippen molar-refractivity contribution in [3.05, 3.63) is 47.2 Å². The zero-order valence-electron chi connectivity index (χ0n) is 12.9. The third kappa shape index (κ3) is 4.61. The van der Waals surface area contributed by atoms with E-state index in [0.717, 1.165) is 19.5 Å². The number of nitriles is 1. The van der Waals surface area contributed by atoms with Crippen LogP contribution in [0, 0.1) is 18.3 Å². The molecule has 0 radical (unpaired) electrons. The van der Waals surface area contributed by atoms with Crippen molar-refractivity contribution in [2.24, 2.45) is 0 Å². The van der Waals surface area contributed by atoms with Crippen molar-refractivity contribution in [3.63, 3.8) is 0 Å². The Bertz CT molecular complexity index is 583. The summed E-state index contributed by atoms with van der Waals surface area (Å²) in [6, 6.07) is 10.3. The second-order valence-corrected chi connectivity index (χ2v) is 5.41. The summed E-state index contributed by atoms with van der Waals surface area (Å²) < 4.78 is 0. The van der Waals surface area contributed by atoms with Crippen LogP contribution in [0.25, 0.3) is 0 Å². The predicted molar refractivity (Wildman–Crippen MR) is 86.0 cm³/mol. The molecular weight excluding hydrogens is 276 g/mol. The Labute approximate surface area is 131 Å². The van der Waals surface area contributed by atoms with Gasteiger partial charge in [-0.2, -0.15) is 5.26 Å². The average molecular weight is 298 g/mol. The normalized spacial score (nSPS) is 15.3. The smallest absolute Gasteiger partial charge is 0.266 e. The molecule has 1 aromatic carbocycles. The number of hydrogen-bond donors (Lipinski definition) is 2. The average Bonchev–Trinajstić information content (AvgIpc) is 2.55. The molecule has 2 N–H and O–H groups in total. The van der Waals surface area contributed by atoms with E-state index < -0.39 is 0 Å². The summed E-state index contributed by atoms with van der Waals surface area (Å²) in [6.07, 6.45) is 2.40. The number of amides is 1. The number of hydrogen-bond acceptors (Lipinski definition) is 4. The van der Waals surface area contributed by atoms with E-state index in [1.807, 2.05) is 12.1 Å². The van der Waals surface area contributed by atoms with Gasteiger partial charge >= 0.3 is 0 Å². The number of piperazine rings is 1. The highest BCUT2D eigenvalue weighted by molar-refractivity contribution is 5.97. The number of carbonyl (C=O) groups is 1. The van der Waals surface area contributed by atoms with Gasteiger partial charge in [-0.1, -0.05) is 29.8 Å². The highest BCUT2D eigenvalue weighted by Gasteiger charge is 2.19. The minimum atomic E-state index is -0.188. The lowest BCUT2D eigenvalue weighted by Gasteiger charge is -2.27. The van der Waals surface area contributed by atoms with Crippen LogP contribution in [0.4, 0.5) is 0 Å². The molecule has 0 aromatic heterocycles. The van der Waals surface area contributed by atoms with Gasteiger partial charge < -0.3 is 15.5 Å². The van der Waals surface area contributed by atoms with Crippen molar-refractivity contribution in [3.8, 4) is 6.07 Å². The number of aryl methyl sites for hydroxylation is 1. The van der Waals surface area contributed by atoms with Crippen molar-refractivity contribution in [1.29, 1.82) is 5.26 Å². The van der Waals surface area contributed by atoms with Gasteiger partial charge in [-0.05, 0) is 18.9 Å². The van der Waals surface area contributed by atoms with Gasteiger partial charge in [0.05, 0.1) is 0 Å². The quantitative estimate of drug-likeness (QED) is 0.483. The Hall–Kier alpha value is -2.32. The maximum atomic E-state index is 12.2. The van der Waals surface area contributed by atoms with Crippen molar-refractivity contribution in [2.75, 3.05) is 32.7 Å². The van der Waals surface area contributed by atoms with Gasteiger partial charge in [-0.25, -0.2) is 0 Å². The first-order valence-electron chi connectivity index (χ1n) is 7.60. The fourth-order valence-electron chi connectivity index (χ4n) is 2.44. The van der Waals surface area contributed by atoms with Gasteiger partial charge in [0.1, 0.15) is 11.6 Å². The first-order valence-corrected chi connectivity index (χ1v) is 7.60. The molecule has 1 aliphatic heterocycles. The summed E-state index contributed by atoms with van der Waals surface area (Å²) in [5.41, 5.74) is 2.65. The van der Waals surface area contributed by atoms with E-state index in [-0.39, 0.29) is 11.5 Å². The maximum Gasteiger partial charge on any atom is 0.266 e. The van der Waals surface area contributed by atoms with Crippen LogP contribution in [0.5, 0.6) is 0 Å². The van der Waals surface area contributed by atoms with Gasteiger partial charge in [0.25, 0.3) is 5.91 Å². The molecule has 2 rings (SSSR count). The monoisotopic (exact) mass is 298 g/mol. The second-order valence-electron chi connectivity index (χ2n) is 5.41. The third-order valence-electron chi connectivity index (χ3n) is 3.64. The highest BCUT2D eigenvalue weighted by atomic mass is 16.2. The molecule has 0 saturated carbocycles. The third-order valence-corrected chi connectivity index (χ3v) is 3.64. The van der Waals surface area contributed by atoms with E-state index in [1.165, 1.54) is 11.1 Å². The molecule has 1 aromatic rings. The minimum Gasteiger partial charge on any atom is -0.389 e. The molecule has 22 heavy (non-hydrogen) atoms. The zero-order chi connectivity index (χ0) is 15.8. The van der Waals surface area contributed by atoms with Gasteiger partial charge in [0.15, 0.2) is 0 Å². The molecule has 0 unspecified atom stereocenters. The summed E-state index contributed by atoms with van der Waals surface area (Å²) in [6.45, 7) is 5.64. The molecular formula is C17H22N4O. The molecule has 1 fully saturated rings. The summed E-state index contributed by atoms with van der Waals surface area (Å²) >= 11 is 0. The van der Waals surface area contributed by atoms with E-state index in [0.29, 0.717) is 19.6 Å². The molecule has 5 heteroatoms. The minimum absolute atomic E-state index is 0.172. The van der Waals surface area contributed by atoms with Crippen LogP contribution in [-0.2, 0) is 11.2 Å². The van der Waals surface area contributed by atoms with Crippen LogP contribution in [0.15, 0.2) is 36.0 Å². The van der Waals surface area contributed by atoms with E-state index in [9.17, 15) is 4.79 Å². The molecule has 1 saturated heterocycles. The predicted octanol–water partition coefficient (Wildman–Crippen LogP) is 0.966.